The first-order valence-corrected chi connectivity index (χ1v) is 7.45. The van der Waals surface area contributed by atoms with Gasteiger partial charge in [0, 0.05) is 24.5 Å². The van der Waals surface area contributed by atoms with Crippen LogP contribution >= 0.6 is 11.5 Å². The minimum atomic E-state index is -0.797. The second kappa shape index (κ2) is 5.04. The van der Waals surface area contributed by atoms with Crippen molar-refractivity contribution < 1.29 is 5.11 Å². The minimum Gasteiger partial charge on any atom is -0.382 e. The van der Waals surface area contributed by atoms with E-state index in [2.05, 4.69) is 40.5 Å². The molecule has 0 radical (unpaired) electrons. The maximum absolute atomic E-state index is 10.9. The number of hydrogen-bond donors (Lipinski definition) is 1. The van der Waals surface area contributed by atoms with Crippen LogP contribution in [-0.4, -0.2) is 27.0 Å². The maximum Gasteiger partial charge on any atom is 0.124 e. The van der Waals surface area contributed by atoms with Gasteiger partial charge in [-0.3, -0.25) is 4.90 Å². The fraction of sp³-hybridized carbons (Fsp3) is 0.400. The van der Waals surface area contributed by atoms with Crippen molar-refractivity contribution in [2.45, 2.75) is 31.5 Å². The summed E-state index contributed by atoms with van der Waals surface area (Å²) in [5, 5.41) is 12.8. The van der Waals surface area contributed by atoms with Gasteiger partial charge in [0.15, 0.2) is 0 Å². The summed E-state index contributed by atoms with van der Waals surface area (Å²) in [4.78, 5) is 2.33. The van der Waals surface area contributed by atoms with E-state index in [4.69, 9.17) is 0 Å². The van der Waals surface area contributed by atoms with Crippen LogP contribution in [0, 0.1) is 0 Å². The molecule has 1 aromatic heterocycles. The Morgan fingerprint density at radius 2 is 2.16 bits per heavy atom. The number of hydrogen-bond acceptors (Lipinski definition) is 4. The molecule has 2 unspecified atom stereocenters. The number of aromatic nitrogens is 1. The molecule has 0 spiro atoms. The molecule has 1 aromatic carbocycles. The number of rotatable bonds is 3. The topological polar surface area (TPSA) is 36.4 Å². The molecule has 100 valence electrons. The second-order valence-electron chi connectivity index (χ2n) is 5.19. The molecule has 1 saturated heterocycles. The molecule has 19 heavy (non-hydrogen) atoms. The summed E-state index contributed by atoms with van der Waals surface area (Å²) in [6, 6.07) is 12.4. The van der Waals surface area contributed by atoms with E-state index >= 15 is 0 Å². The summed E-state index contributed by atoms with van der Waals surface area (Å²) < 4.78 is 4.33. The minimum absolute atomic E-state index is 0.0924. The SMILES string of the molecule is CC1N(Cc2ccccc2)CCC1(O)c1ccsn1. The van der Waals surface area contributed by atoms with Gasteiger partial charge in [-0.2, -0.15) is 4.37 Å². The summed E-state index contributed by atoms with van der Waals surface area (Å²) in [7, 11) is 0. The molecule has 2 aromatic rings. The fourth-order valence-corrected chi connectivity index (χ4v) is 3.41. The van der Waals surface area contributed by atoms with E-state index in [0.717, 1.165) is 25.2 Å². The van der Waals surface area contributed by atoms with Crippen molar-refractivity contribution in [3.63, 3.8) is 0 Å². The molecule has 4 heteroatoms. The van der Waals surface area contributed by atoms with E-state index in [9.17, 15) is 5.11 Å². The molecule has 2 heterocycles. The third-order valence-electron chi connectivity index (χ3n) is 4.13. The first kappa shape index (κ1) is 12.8. The van der Waals surface area contributed by atoms with Crippen LogP contribution in [-0.2, 0) is 12.1 Å². The highest BCUT2D eigenvalue weighted by molar-refractivity contribution is 7.03. The van der Waals surface area contributed by atoms with Gasteiger partial charge >= 0.3 is 0 Å². The van der Waals surface area contributed by atoms with Gasteiger partial charge in [-0.1, -0.05) is 30.3 Å². The van der Waals surface area contributed by atoms with Crippen molar-refractivity contribution in [2.24, 2.45) is 0 Å². The highest BCUT2D eigenvalue weighted by Gasteiger charge is 2.45. The second-order valence-corrected chi connectivity index (χ2v) is 5.86. The maximum atomic E-state index is 10.9. The summed E-state index contributed by atoms with van der Waals surface area (Å²) in [6.45, 7) is 3.88. The first-order valence-electron chi connectivity index (χ1n) is 6.61. The Labute approximate surface area is 117 Å². The quantitative estimate of drug-likeness (QED) is 0.934. The molecule has 0 bridgehead atoms. The molecule has 2 atom stereocenters. The Hall–Kier alpha value is -1.23. The molecular weight excluding hydrogens is 256 g/mol. The molecule has 3 nitrogen and oxygen atoms in total. The van der Waals surface area contributed by atoms with Crippen LogP contribution in [0.4, 0.5) is 0 Å². The van der Waals surface area contributed by atoms with Crippen LogP contribution < -0.4 is 0 Å². The predicted molar refractivity (Wildman–Crippen MR) is 76.9 cm³/mol. The van der Waals surface area contributed by atoms with Crippen molar-refractivity contribution in [1.82, 2.24) is 9.27 Å². The fourth-order valence-electron chi connectivity index (χ4n) is 2.83. The Morgan fingerprint density at radius 3 is 2.84 bits per heavy atom. The number of nitrogens with zero attached hydrogens (tertiary/aromatic N) is 2. The van der Waals surface area contributed by atoms with E-state index in [0.29, 0.717) is 0 Å². The zero-order valence-corrected chi connectivity index (χ0v) is 11.8. The number of likely N-dealkylation sites (tertiary alicyclic amines) is 1. The van der Waals surface area contributed by atoms with Crippen molar-refractivity contribution in [3.05, 3.63) is 53.0 Å². The van der Waals surface area contributed by atoms with Gasteiger partial charge in [0.2, 0.25) is 0 Å². The Balaban J connectivity index is 1.77. The third-order valence-corrected chi connectivity index (χ3v) is 4.69. The van der Waals surface area contributed by atoms with E-state index in [1.54, 1.807) is 0 Å². The highest BCUT2D eigenvalue weighted by atomic mass is 32.1. The first-order chi connectivity index (χ1) is 9.20. The predicted octanol–water partition coefficient (Wildman–Crippen LogP) is 2.63. The lowest BCUT2D eigenvalue weighted by atomic mass is 9.92. The lowest BCUT2D eigenvalue weighted by Gasteiger charge is -2.30. The van der Waals surface area contributed by atoms with Crippen molar-refractivity contribution in [1.29, 1.82) is 0 Å². The van der Waals surface area contributed by atoms with Gasteiger partial charge in [0.25, 0.3) is 0 Å². The highest BCUT2D eigenvalue weighted by Crippen LogP contribution is 2.37. The zero-order valence-electron chi connectivity index (χ0n) is 11.0. The zero-order chi connectivity index (χ0) is 13.3. The van der Waals surface area contributed by atoms with Gasteiger partial charge in [-0.25, -0.2) is 0 Å². The van der Waals surface area contributed by atoms with Crippen LogP contribution in [0.1, 0.15) is 24.6 Å². The molecule has 1 fully saturated rings. The molecule has 1 aliphatic rings. The van der Waals surface area contributed by atoms with E-state index < -0.39 is 5.60 Å². The van der Waals surface area contributed by atoms with Crippen molar-refractivity contribution in [3.8, 4) is 0 Å². The van der Waals surface area contributed by atoms with Gasteiger partial charge in [-0.15, -0.1) is 0 Å². The monoisotopic (exact) mass is 274 g/mol. The smallest absolute Gasteiger partial charge is 0.124 e. The standard InChI is InChI=1S/C15H18N2OS/c1-12-15(18,14-7-10-19-16-14)8-9-17(12)11-13-5-3-2-4-6-13/h2-7,10,12,18H,8-9,11H2,1H3. The molecule has 1 N–H and O–H groups in total. The van der Waals surface area contributed by atoms with Crippen molar-refractivity contribution >= 4 is 11.5 Å². The van der Waals surface area contributed by atoms with Gasteiger partial charge in [0.05, 0.1) is 5.69 Å². The van der Waals surface area contributed by atoms with Crippen LogP contribution in [0.5, 0.6) is 0 Å². The Morgan fingerprint density at radius 1 is 1.37 bits per heavy atom. The van der Waals surface area contributed by atoms with E-state index in [1.807, 2.05) is 17.5 Å². The normalized spacial score (nSPS) is 27.8. The van der Waals surface area contributed by atoms with Crippen molar-refractivity contribution in [2.75, 3.05) is 6.54 Å². The van der Waals surface area contributed by atoms with Gasteiger partial charge < -0.3 is 5.11 Å². The van der Waals surface area contributed by atoms with E-state index in [1.165, 1.54) is 17.1 Å². The average molecular weight is 274 g/mol. The third kappa shape index (κ3) is 2.31. The lowest BCUT2D eigenvalue weighted by molar-refractivity contribution is 0.00173. The molecular formula is C15H18N2OS. The van der Waals surface area contributed by atoms with Crippen LogP contribution in [0.2, 0.25) is 0 Å². The Bertz CT molecular complexity index is 528. The molecule has 0 aliphatic carbocycles. The van der Waals surface area contributed by atoms with Crippen LogP contribution in [0.25, 0.3) is 0 Å². The Kier molecular flexibility index (Phi) is 3.39. The molecule has 3 rings (SSSR count). The average Bonchev–Trinajstić information content (AvgIpc) is 3.05. The molecule has 0 amide bonds. The van der Waals surface area contributed by atoms with Gasteiger partial charge in [0.1, 0.15) is 5.60 Å². The van der Waals surface area contributed by atoms with Gasteiger partial charge in [-0.05, 0) is 36.5 Å². The lowest BCUT2D eigenvalue weighted by Crippen LogP contribution is -2.40. The largest absolute Gasteiger partial charge is 0.382 e. The van der Waals surface area contributed by atoms with Crippen LogP contribution in [0.15, 0.2) is 41.8 Å². The summed E-state index contributed by atoms with van der Waals surface area (Å²) >= 11 is 1.40. The van der Waals surface area contributed by atoms with Crippen LogP contribution in [0.3, 0.4) is 0 Å². The summed E-state index contributed by atoms with van der Waals surface area (Å²) in [5.41, 5.74) is 1.31. The number of aliphatic hydroxyl groups is 1. The summed E-state index contributed by atoms with van der Waals surface area (Å²) in [6.07, 6.45) is 0.755. The summed E-state index contributed by atoms with van der Waals surface area (Å²) in [5.74, 6) is 0. The van der Waals surface area contributed by atoms with E-state index in [-0.39, 0.29) is 6.04 Å². The molecule has 1 aliphatic heterocycles. The molecule has 0 saturated carbocycles. The number of benzene rings is 1.